The summed E-state index contributed by atoms with van der Waals surface area (Å²) >= 11 is 0. The van der Waals surface area contributed by atoms with Gasteiger partial charge in [-0.25, -0.2) is 0 Å². The van der Waals surface area contributed by atoms with Gasteiger partial charge >= 0.3 is 0 Å². The van der Waals surface area contributed by atoms with E-state index >= 15 is 0 Å². The number of para-hydroxylation sites is 2. The first-order valence-corrected chi connectivity index (χ1v) is 5.18. The maximum absolute atomic E-state index is 10.6. The molecule has 88 valence electrons. The number of aldehydes is 1. The van der Waals surface area contributed by atoms with Crippen LogP contribution in [0.25, 0.3) is 0 Å². The maximum Gasteiger partial charge on any atom is 0.200 e. The van der Waals surface area contributed by atoms with E-state index in [4.69, 9.17) is 9.15 Å². The van der Waals surface area contributed by atoms with Gasteiger partial charge in [-0.3, -0.25) is 4.79 Å². The van der Waals surface area contributed by atoms with Crippen molar-refractivity contribution in [3.05, 3.63) is 42.2 Å². The van der Waals surface area contributed by atoms with Gasteiger partial charge in [0.15, 0.2) is 12.0 Å². The lowest BCUT2D eigenvalue weighted by Gasteiger charge is -2.18. The van der Waals surface area contributed by atoms with Crippen molar-refractivity contribution in [3.63, 3.8) is 0 Å². The maximum atomic E-state index is 10.6. The molecule has 0 unspecified atom stereocenters. The molecule has 0 aliphatic carbocycles. The Labute approximate surface area is 99.4 Å². The van der Waals surface area contributed by atoms with Crippen LogP contribution in [-0.4, -0.2) is 20.4 Å². The Morgan fingerprint density at radius 3 is 2.65 bits per heavy atom. The normalized spacial score (nSPS) is 10.0. The third-order valence-electron chi connectivity index (χ3n) is 2.51. The Bertz CT molecular complexity index is 519. The number of hydrogen-bond acceptors (Lipinski definition) is 4. The Balaban J connectivity index is 2.35. The van der Waals surface area contributed by atoms with Crippen LogP contribution in [0.1, 0.15) is 10.6 Å². The SMILES string of the molecule is COc1ccccc1N(C)c1ccc(C=O)o1. The summed E-state index contributed by atoms with van der Waals surface area (Å²) in [5, 5.41) is 0. The molecule has 1 aromatic heterocycles. The number of carbonyl (C=O) groups is 1. The molecule has 0 spiro atoms. The van der Waals surface area contributed by atoms with E-state index in [9.17, 15) is 4.79 Å². The second-order valence-electron chi connectivity index (χ2n) is 3.52. The minimum atomic E-state index is 0.307. The number of methoxy groups -OCH3 is 1. The number of rotatable bonds is 4. The number of anilines is 2. The van der Waals surface area contributed by atoms with E-state index in [0.29, 0.717) is 17.9 Å². The van der Waals surface area contributed by atoms with Crippen LogP contribution < -0.4 is 9.64 Å². The lowest BCUT2D eigenvalue weighted by atomic mass is 10.2. The van der Waals surface area contributed by atoms with Crippen LogP contribution in [-0.2, 0) is 0 Å². The Morgan fingerprint density at radius 1 is 1.24 bits per heavy atom. The quantitative estimate of drug-likeness (QED) is 0.759. The summed E-state index contributed by atoms with van der Waals surface area (Å²) in [5.41, 5.74) is 0.877. The molecule has 0 amide bonds. The van der Waals surface area contributed by atoms with Crippen molar-refractivity contribution >= 4 is 17.9 Å². The molecule has 0 saturated heterocycles. The molecule has 2 rings (SSSR count). The molecule has 0 bridgehead atoms. The first-order valence-electron chi connectivity index (χ1n) is 5.18. The summed E-state index contributed by atoms with van der Waals surface area (Å²) in [6, 6.07) is 11.0. The average molecular weight is 231 g/mol. The van der Waals surface area contributed by atoms with E-state index in [0.717, 1.165) is 11.4 Å². The molecule has 0 N–H and O–H groups in total. The van der Waals surface area contributed by atoms with Gasteiger partial charge in [-0.1, -0.05) is 12.1 Å². The first kappa shape index (κ1) is 11.3. The van der Waals surface area contributed by atoms with Crippen molar-refractivity contribution in [2.45, 2.75) is 0 Å². The number of hydrogen-bond donors (Lipinski definition) is 0. The average Bonchev–Trinajstić information content (AvgIpc) is 2.86. The zero-order chi connectivity index (χ0) is 12.3. The molecule has 0 fully saturated rings. The van der Waals surface area contributed by atoms with Crippen molar-refractivity contribution in [1.29, 1.82) is 0 Å². The fourth-order valence-corrected chi connectivity index (χ4v) is 1.61. The van der Waals surface area contributed by atoms with Crippen LogP contribution >= 0.6 is 0 Å². The van der Waals surface area contributed by atoms with Crippen LogP contribution in [0.5, 0.6) is 5.75 Å². The van der Waals surface area contributed by atoms with Crippen molar-refractivity contribution in [1.82, 2.24) is 0 Å². The largest absolute Gasteiger partial charge is 0.495 e. The standard InChI is InChI=1S/C13H13NO3/c1-14(13-8-7-10(9-15)17-13)11-5-3-4-6-12(11)16-2/h3-9H,1-2H3. The summed E-state index contributed by atoms with van der Waals surface area (Å²) in [7, 11) is 3.47. The van der Waals surface area contributed by atoms with E-state index in [2.05, 4.69) is 0 Å². The topological polar surface area (TPSA) is 42.7 Å². The van der Waals surface area contributed by atoms with Crippen molar-refractivity contribution in [3.8, 4) is 5.75 Å². The summed E-state index contributed by atoms with van der Waals surface area (Å²) in [6.45, 7) is 0. The molecule has 0 aliphatic heterocycles. The van der Waals surface area contributed by atoms with Crippen LogP contribution in [0.4, 0.5) is 11.6 Å². The summed E-state index contributed by atoms with van der Waals surface area (Å²) in [4.78, 5) is 12.4. The van der Waals surface area contributed by atoms with Gasteiger partial charge in [0.2, 0.25) is 5.88 Å². The van der Waals surface area contributed by atoms with E-state index in [-0.39, 0.29) is 0 Å². The van der Waals surface area contributed by atoms with Gasteiger partial charge in [0, 0.05) is 13.1 Å². The number of furan rings is 1. The second kappa shape index (κ2) is 4.74. The highest BCUT2D eigenvalue weighted by Gasteiger charge is 2.12. The van der Waals surface area contributed by atoms with Gasteiger partial charge in [-0.2, -0.15) is 0 Å². The molecule has 4 heteroatoms. The van der Waals surface area contributed by atoms with E-state index < -0.39 is 0 Å². The van der Waals surface area contributed by atoms with Crippen LogP contribution in [0, 0.1) is 0 Å². The Kier molecular flexibility index (Phi) is 3.14. The van der Waals surface area contributed by atoms with Gasteiger partial charge in [0.25, 0.3) is 0 Å². The van der Waals surface area contributed by atoms with Crippen molar-refractivity contribution in [2.24, 2.45) is 0 Å². The zero-order valence-corrected chi connectivity index (χ0v) is 9.71. The smallest absolute Gasteiger partial charge is 0.200 e. The summed E-state index contributed by atoms with van der Waals surface area (Å²) < 4.78 is 10.6. The molecular weight excluding hydrogens is 218 g/mol. The lowest BCUT2D eigenvalue weighted by Crippen LogP contribution is -2.09. The molecule has 0 saturated carbocycles. The fraction of sp³-hybridized carbons (Fsp3) is 0.154. The molecule has 0 radical (unpaired) electrons. The molecule has 4 nitrogen and oxygen atoms in total. The van der Waals surface area contributed by atoms with Crippen LogP contribution in [0.2, 0.25) is 0 Å². The summed E-state index contributed by atoms with van der Waals surface area (Å²) in [6.07, 6.45) is 0.680. The van der Waals surface area contributed by atoms with Gasteiger partial charge in [-0.15, -0.1) is 0 Å². The molecular formula is C13H13NO3. The Hall–Kier alpha value is -2.23. The van der Waals surface area contributed by atoms with Crippen molar-refractivity contribution < 1.29 is 13.9 Å². The van der Waals surface area contributed by atoms with E-state index in [1.165, 1.54) is 0 Å². The molecule has 1 aromatic carbocycles. The van der Waals surface area contributed by atoms with Crippen molar-refractivity contribution in [2.75, 3.05) is 19.1 Å². The van der Waals surface area contributed by atoms with Crippen LogP contribution in [0.3, 0.4) is 0 Å². The number of ether oxygens (including phenoxy) is 1. The summed E-state index contributed by atoms with van der Waals surface area (Å²) in [5.74, 6) is 1.65. The molecule has 17 heavy (non-hydrogen) atoms. The predicted octanol–water partition coefficient (Wildman–Crippen LogP) is 2.87. The van der Waals surface area contributed by atoms with Crippen LogP contribution in [0.15, 0.2) is 40.8 Å². The molecule has 2 aromatic rings. The van der Waals surface area contributed by atoms with E-state index in [1.807, 2.05) is 36.2 Å². The Morgan fingerprint density at radius 2 is 2.00 bits per heavy atom. The third kappa shape index (κ3) is 2.15. The molecule has 1 heterocycles. The highest BCUT2D eigenvalue weighted by Crippen LogP contribution is 2.32. The number of nitrogens with zero attached hydrogens (tertiary/aromatic N) is 1. The van der Waals surface area contributed by atoms with E-state index in [1.54, 1.807) is 19.2 Å². The third-order valence-corrected chi connectivity index (χ3v) is 2.51. The number of carbonyl (C=O) groups excluding carboxylic acids is 1. The highest BCUT2D eigenvalue weighted by atomic mass is 16.5. The monoisotopic (exact) mass is 231 g/mol. The minimum Gasteiger partial charge on any atom is -0.495 e. The number of benzene rings is 1. The zero-order valence-electron chi connectivity index (χ0n) is 9.71. The van der Waals surface area contributed by atoms with Gasteiger partial charge in [0.05, 0.1) is 12.8 Å². The lowest BCUT2D eigenvalue weighted by molar-refractivity contribution is 0.110. The molecule has 0 atom stereocenters. The highest BCUT2D eigenvalue weighted by molar-refractivity contribution is 5.73. The first-order chi connectivity index (χ1) is 8.26. The predicted molar refractivity (Wildman–Crippen MR) is 65.2 cm³/mol. The fourth-order valence-electron chi connectivity index (χ4n) is 1.61. The van der Waals surface area contributed by atoms with Gasteiger partial charge in [-0.05, 0) is 18.2 Å². The van der Waals surface area contributed by atoms with Gasteiger partial charge in [0.1, 0.15) is 5.75 Å². The minimum absolute atomic E-state index is 0.307. The molecule has 0 aliphatic rings. The second-order valence-corrected chi connectivity index (χ2v) is 3.52. The van der Waals surface area contributed by atoms with Gasteiger partial charge < -0.3 is 14.1 Å².